The number of hydrogen-bond acceptors (Lipinski definition) is 2. The molecule has 1 heterocycles. The number of benzene rings is 1. The van der Waals surface area contributed by atoms with E-state index in [2.05, 4.69) is 5.10 Å². The minimum atomic E-state index is -0.307. The molecule has 78 valence electrons. The van der Waals surface area contributed by atoms with E-state index in [9.17, 15) is 4.39 Å². The summed E-state index contributed by atoms with van der Waals surface area (Å²) in [5, 5.41) is 4.00. The molecule has 1 aromatic heterocycles. The van der Waals surface area contributed by atoms with Gasteiger partial charge >= 0.3 is 0 Å². The normalized spacial score (nSPS) is 10.3. The predicted molar refractivity (Wildman–Crippen MR) is 55.2 cm³/mol. The van der Waals surface area contributed by atoms with Crippen molar-refractivity contribution in [2.75, 3.05) is 7.11 Å². The summed E-state index contributed by atoms with van der Waals surface area (Å²) in [7, 11) is 3.29. The Bertz CT molecular complexity index is 479. The molecule has 0 aliphatic rings. The van der Waals surface area contributed by atoms with E-state index >= 15 is 0 Å². The van der Waals surface area contributed by atoms with Gasteiger partial charge in [-0.3, -0.25) is 4.68 Å². The number of aryl methyl sites for hydroxylation is 1. The monoisotopic (exact) mass is 206 g/mol. The molecule has 0 N–H and O–H groups in total. The van der Waals surface area contributed by atoms with Gasteiger partial charge in [-0.2, -0.15) is 5.10 Å². The third-order valence-electron chi connectivity index (χ3n) is 2.27. The Morgan fingerprint density at radius 1 is 1.33 bits per heavy atom. The summed E-state index contributed by atoms with van der Waals surface area (Å²) in [6, 6.07) is 6.55. The summed E-state index contributed by atoms with van der Waals surface area (Å²) in [5.74, 6) is 0.205. The second-order valence-electron chi connectivity index (χ2n) is 3.19. The number of nitrogens with zero attached hydrogens (tertiary/aromatic N) is 2. The highest BCUT2D eigenvalue weighted by Gasteiger charge is 2.09. The molecule has 0 radical (unpaired) electrons. The SMILES string of the molecule is COc1ccc(-c2ccnn2C)c(F)c1. The zero-order valence-corrected chi connectivity index (χ0v) is 8.57. The molecular formula is C11H11FN2O. The van der Waals surface area contributed by atoms with Crippen molar-refractivity contribution in [1.29, 1.82) is 0 Å². The fraction of sp³-hybridized carbons (Fsp3) is 0.182. The Kier molecular flexibility index (Phi) is 2.41. The molecule has 0 aliphatic heterocycles. The molecule has 0 saturated carbocycles. The maximum absolute atomic E-state index is 13.7. The van der Waals surface area contributed by atoms with Crippen molar-refractivity contribution in [2.24, 2.45) is 7.05 Å². The van der Waals surface area contributed by atoms with E-state index in [1.54, 1.807) is 36.1 Å². The van der Waals surface area contributed by atoms with Crippen LogP contribution in [0.3, 0.4) is 0 Å². The van der Waals surface area contributed by atoms with E-state index in [1.165, 1.54) is 13.2 Å². The van der Waals surface area contributed by atoms with Gasteiger partial charge < -0.3 is 4.74 Å². The minimum Gasteiger partial charge on any atom is -0.497 e. The Morgan fingerprint density at radius 2 is 2.13 bits per heavy atom. The van der Waals surface area contributed by atoms with Gasteiger partial charge in [0.2, 0.25) is 0 Å². The van der Waals surface area contributed by atoms with Crippen LogP contribution in [0.2, 0.25) is 0 Å². The highest BCUT2D eigenvalue weighted by molar-refractivity contribution is 5.61. The van der Waals surface area contributed by atoms with Crippen molar-refractivity contribution in [2.45, 2.75) is 0 Å². The quantitative estimate of drug-likeness (QED) is 0.753. The van der Waals surface area contributed by atoms with Crippen molar-refractivity contribution < 1.29 is 9.13 Å². The number of aromatic nitrogens is 2. The van der Waals surface area contributed by atoms with Gasteiger partial charge in [-0.15, -0.1) is 0 Å². The number of hydrogen-bond donors (Lipinski definition) is 0. The maximum atomic E-state index is 13.7. The first-order valence-corrected chi connectivity index (χ1v) is 4.54. The molecular weight excluding hydrogens is 195 g/mol. The maximum Gasteiger partial charge on any atom is 0.136 e. The van der Waals surface area contributed by atoms with Gasteiger partial charge in [-0.1, -0.05) is 0 Å². The topological polar surface area (TPSA) is 27.1 Å². The lowest BCUT2D eigenvalue weighted by Gasteiger charge is -2.05. The standard InChI is InChI=1S/C11H11FN2O/c1-14-11(5-6-13-14)9-4-3-8(15-2)7-10(9)12/h3-7H,1-2H3. The lowest BCUT2D eigenvalue weighted by molar-refractivity contribution is 0.411. The molecule has 0 aliphatic carbocycles. The van der Waals surface area contributed by atoms with Crippen LogP contribution < -0.4 is 4.74 Å². The fourth-order valence-electron chi connectivity index (χ4n) is 1.47. The summed E-state index contributed by atoms with van der Waals surface area (Å²) in [6.07, 6.45) is 1.64. The van der Waals surface area contributed by atoms with Crippen molar-refractivity contribution in [3.05, 3.63) is 36.3 Å². The lowest BCUT2D eigenvalue weighted by atomic mass is 10.1. The Morgan fingerprint density at radius 3 is 2.67 bits per heavy atom. The Balaban J connectivity index is 2.50. The summed E-state index contributed by atoms with van der Waals surface area (Å²) in [5.41, 5.74) is 1.27. The summed E-state index contributed by atoms with van der Waals surface area (Å²) in [4.78, 5) is 0. The van der Waals surface area contributed by atoms with E-state index in [1.807, 2.05) is 0 Å². The average molecular weight is 206 g/mol. The van der Waals surface area contributed by atoms with Gasteiger partial charge in [0.15, 0.2) is 0 Å². The Labute approximate surface area is 87.1 Å². The molecule has 0 unspecified atom stereocenters. The van der Waals surface area contributed by atoms with Crippen molar-refractivity contribution in [3.63, 3.8) is 0 Å². The van der Waals surface area contributed by atoms with Gasteiger partial charge in [-0.25, -0.2) is 4.39 Å². The highest BCUT2D eigenvalue weighted by atomic mass is 19.1. The predicted octanol–water partition coefficient (Wildman–Crippen LogP) is 2.23. The van der Waals surface area contributed by atoms with Crippen molar-refractivity contribution >= 4 is 0 Å². The first-order chi connectivity index (χ1) is 7.22. The van der Waals surface area contributed by atoms with Gasteiger partial charge in [-0.05, 0) is 18.2 Å². The molecule has 4 heteroatoms. The van der Waals surface area contributed by atoms with E-state index in [4.69, 9.17) is 4.74 Å². The molecule has 1 aromatic carbocycles. The second kappa shape index (κ2) is 3.73. The number of halogens is 1. The fourth-order valence-corrected chi connectivity index (χ4v) is 1.47. The van der Waals surface area contributed by atoms with Crippen LogP contribution >= 0.6 is 0 Å². The second-order valence-corrected chi connectivity index (χ2v) is 3.19. The lowest BCUT2D eigenvalue weighted by Crippen LogP contribution is -1.95. The molecule has 0 saturated heterocycles. The summed E-state index contributed by atoms with van der Waals surface area (Å²) in [6.45, 7) is 0. The van der Waals surface area contributed by atoms with Crippen LogP contribution in [0, 0.1) is 5.82 Å². The number of rotatable bonds is 2. The van der Waals surface area contributed by atoms with E-state index in [0.717, 1.165) is 5.69 Å². The average Bonchev–Trinajstić information content (AvgIpc) is 2.64. The first kappa shape index (κ1) is 9.71. The molecule has 0 atom stereocenters. The van der Waals surface area contributed by atoms with Crippen LogP contribution in [0.25, 0.3) is 11.3 Å². The van der Waals surface area contributed by atoms with E-state index in [-0.39, 0.29) is 5.82 Å². The zero-order chi connectivity index (χ0) is 10.8. The largest absolute Gasteiger partial charge is 0.497 e. The Hall–Kier alpha value is -1.84. The van der Waals surface area contributed by atoms with Crippen LogP contribution in [-0.4, -0.2) is 16.9 Å². The zero-order valence-electron chi connectivity index (χ0n) is 8.57. The third-order valence-corrected chi connectivity index (χ3v) is 2.27. The molecule has 2 aromatic rings. The van der Waals surface area contributed by atoms with Gasteiger partial charge in [0.25, 0.3) is 0 Å². The number of methoxy groups -OCH3 is 1. The molecule has 3 nitrogen and oxygen atoms in total. The molecule has 0 amide bonds. The van der Waals surface area contributed by atoms with Crippen LogP contribution in [-0.2, 0) is 7.05 Å². The molecule has 2 rings (SSSR count). The summed E-state index contributed by atoms with van der Waals surface area (Å²) >= 11 is 0. The van der Waals surface area contributed by atoms with Crippen molar-refractivity contribution in [3.8, 4) is 17.0 Å². The molecule has 0 fully saturated rings. The van der Waals surface area contributed by atoms with Crippen LogP contribution in [0.4, 0.5) is 4.39 Å². The summed E-state index contributed by atoms with van der Waals surface area (Å²) < 4.78 is 20.2. The van der Waals surface area contributed by atoms with Crippen LogP contribution in [0.5, 0.6) is 5.75 Å². The van der Waals surface area contributed by atoms with Crippen LogP contribution in [0.15, 0.2) is 30.5 Å². The van der Waals surface area contributed by atoms with Crippen molar-refractivity contribution in [1.82, 2.24) is 9.78 Å². The third kappa shape index (κ3) is 1.70. The van der Waals surface area contributed by atoms with E-state index < -0.39 is 0 Å². The molecule has 0 bridgehead atoms. The first-order valence-electron chi connectivity index (χ1n) is 4.54. The van der Waals surface area contributed by atoms with Gasteiger partial charge in [0.05, 0.1) is 12.8 Å². The van der Waals surface area contributed by atoms with Gasteiger partial charge in [0, 0.05) is 24.9 Å². The smallest absolute Gasteiger partial charge is 0.136 e. The minimum absolute atomic E-state index is 0.307. The molecule has 15 heavy (non-hydrogen) atoms. The van der Waals surface area contributed by atoms with E-state index in [0.29, 0.717) is 11.3 Å². The number of ether oxygens (including phenoxy) is 1. The van der Waals surface area contributed by atoms with Gasteiger partial charge in [0.1, 0.15) is 11.6 Å². The highest BCUT2D eigenvalue weighted by Crippen LogP contribution is 2.25. The van der Waals surface area contributed by atoms with Crippen LogP contribution in [0.1, 0.15) is 0 Å². The molecule has 0 spiro atoms.